The van der Waals surface area contributed by atoms with E-state index in [1.54, 1.807) is 11.3 Å². The Hall–Kier alpha value is -0.990. The summed E-state index contributed by atoms with van der Waals surface area (Å²) in [5.74, 6) is 0. The fourth-order valence-corrected chi connectivity index (χ4v) is 1.92. The van der Waals surface area contributed by atoms with E-state index in [1.165, 1.54) is 0 Å². The van der Waals surface area contributed by atoms with Gasteiger partial charge in [0, 0.05) is 4.88 Å². The lowest BCUT2D eigenvalue weighted by atomic mass is 10.1. The van der Waals surface area contributed by atoms with Gasteiger partial charge in [0.25, 0.3) is 0 Å². The third kappa shape index (κ3) is 1.31. The largest absolute Gasteiger partial charge is 0.396 e. The predicted octanol–water partition coefficient (Wildman–Crippen LogP) is 2.55. The summed E-state index contributed by atoms with van der Waals surface area (Å²) < 4.78 is 0. The molecule has 0 bridgehead atoms. The van der Waals surface area contributed by atoms with Gasteiger partial charge in [0.2, 0.25) is 0 Å². The van der Waals surface area contributed by atoms with E-state index in [-0.39, 0.29) is 0 Å². The molecular weight excluding hydrogens is 168 g/mol. The molecule has 0 aliphatic heterocycles. The molecule has 0 spiro atoms. The number of hydrogen-bond donors (Lipinski definition) is 1. The molecule has 0 fully saturated rings. The molecule has 0 saturated heterocycles. The van der Waals surface area contributed by atoms with Crippen molar-refractivity contribution in [3.63, 3.8) is 0 Å². The van der Waals surface area contributed by atoms with E-state index in [0.717, 1.165) is 10.4 Å². The Labute approximate surface area is 75.3 Å². The topological polar surface area (TPSA) is 20.2 Å². The fourth-order valence-electron chi connectivity index (χ4n) is 1.18. The first-order chi connectivity index (χ1) is 5.88. The Bertz CT molecular complexity index is 286. The molecule has 0 aliphatic carbocycles. The maximum atomic E-state index is 9.78. The van der Waals surface area contributed by atoms with Gasteiger partial charge >= 0.3 is 0 Å². The summed E-state index contributed by atoms with van der Waals surface area (Å²) >= 11 is 1.58. The summed E-state index contributed by atoms with van der Waals surface area (Å²) in [6.45, 7) is 0. The average Bonchev–Trinajstić information content (AvgIpc) is 2.77. The zero-order chi connectivity index (χ0) is 8.39. The zero-order valence-electron chi connectivity index (χ0n) is 6.47. The van der Waals surface area contributed by atoms with Crippen LogP contribution < -0.4 is 0 Å². The lowest BCUT2D eigenvalue weighted by Crippen LogP contribution is -1.93. The van der Waals surface area contributed by atoms with Crippen molar-refractivity contribution in [1.82, 2.24) is 0 Å². The molecule has 1 aromatic carbocycles. The van der Waals surface area contributed by atoms with Crippen LogP contribution in [0.4, 0.5) is 0 Å². The average molecular weight is 177 g/mol. The van der Waals surface area contributed by atoms with E-state index in [1.807, 2.05) is 41.8 Å². The molecule has 62 valence electrons. The van der Waals surface area contributed by atoms with Gasteiger partial charge in [-0.1, -0.05) is 6.07 Å². The first-order valence-electron chi connectivity index (χ1n) is 3.81. The number of rotatable bonds is 2. The molecule has 12 heavy (non-hydrogen) atoms. The van der Waals surface area contributed by atoms with Crippen molar-refractivity contribution in [2.45, 2.75) is 6.10 Å². The number of thiophene rings is 1. The van der Waals surface area contributed by atoms with Crippen LogP contribution in [0.2, 0.25) is 0 Å². The van der Waals surface area contributed by atoms with E-state index in [4.69, 9.17) is 0 Å². The molecule has 2 rings (SSSR count). The molecule has 2 heteroatoms. The second-order valence-electron chi connectivity index (χ2n) is 2.64. The van der Waals surface area contributed by atoms with E-state index in [2.05, 4.69) is 0 Å². The van der Waals surface area contributed by atoms with Gasteiger partial charge < -0.3 is 5.11 Å². The molecule has 1 heterocycles. The quantitative estimate of drug-likeness (QED) is 0.699. The van der Waals surface area contributed by atoms with Gasteiger partial charge in [0.05, 0.1) is 6.10 Å². The number of aliphatic hydroxyl groups excluding tert-OH is 1. The number of aliphatic hydroxyl groups is 1. The highest BCUT2D eigenvalue weighted by molar-refractivity contribution is 7.10. The van der Waals surface area contributed by atoms with Crippen LogP contribution in [0.5, 0.6) is 0 Å². The van der Waals surface area contributed by atoms with Crippen LogP contribution in [0.1, 0.15) is 16.5 Å². The number of hydrogen-bond acceptors (Lipinski definition) is 2. The summed E-state index contributed by atoms with van der Waals surface area (Å²) in [6.07, 6.45) is -0.444. The van der Waals surface area contributed by atoms with Crippen LogP contribution >= 0.6 is 11.3 Å². The maximum Gasteiger partial charge on any atom is 0.0597 e. The maximum absolute atomic E-state index is 9.78. The van der Waals surface area contributed by atoms with Crippen molar-refractivity contribution >= 4 is 11.3 Å². The van der Waals surface area contributed by atoms with E-state index in [9.17, 15) is 5.11 Å². The lowest BCUT2D eigenvalue weighted by Gasteiger charge is -2.11. The first kappa shape index (κ1) is 7.65. The Kier molecular flexibility index (Phi) is 2.02. The summed E-state index contributed by atoms with van der Waals surface area (Å²) in [5.41, 5.74) is 0.970. The Morgan fingerprint density at radius 2 is 2.33 bits per heavy atom. The fraction of sp³-hybridized carbons (Fsp3) is 0.100. The van der Waals surface area contributed by atoms with E-state index < -0.39 is 6.10 Å². The molecule has 2 aromatic rings. The van der Waals surface area contributed by atoms with E-state index >= 15 is 0 Å². The molecular formula is C10H9OS-. The molecule has 0 radical (unpaired) electrons. The minimum Gasteiger partial charge on any atom is -0.396 e. The highest BCUT2D eigenvalue weighted by Crippen LogP contribution is 2.25. The summed E-state index contributed by atoms with van der Waals surface area (Å²) in [7, 11) is 0. The van der Waals surface area contributed by atoms with Crippen LogP contribution in [0.25, 0.3) is 0 Å². The second-order valence-corrected chi connectivity index (χ2v) is 3.62. The van der Waals surface area contributed by atoms with Crippen molar-refractivity contribution < 1.29 is 5.11 Å². The smallest absolute Gasteiger partial charge is 0.0597 e. The third-order valence-electron chi connectivity index (χ3n) is 1.82. The molecule has 1 aromatic heterocycles. The van der Waals surface area contributed by atoms with Crippen LogP contribution in [-0.4, -0.2) is 5.11 Å². The highest BCUT2D eigenvalue weighted by Gasteiger charge is 2.04. The van der Waals surface area contributed by atoms with Crippen molar-refractivity contribution in [3.05, 3.63) is 52.2 Å². The monoisotopic (exact) mass is 177 g/mol. The minimum atomic E-state index is -0.444. The summed E-state index contributed by atoms with van der Waals surface area (Å²) in [4.78, 5) is 1.00. The summed E-state index contributed by atoms with van der Waals surface area (Å²) in [5, 5.41) is 11.8. The predicted molar refractivity (Wildman–Crippen MR) is 50.4 cm³/mol. The Morgan fingerprint density at radius 1 is 1.42 bits per heavy atom. The first-order valence-corrected chi connectivity index (χ1v) is 4.69. The molecule has 1 N–H and O–H groups in total. The Balaban J connectivity index is 2.27. The van der Waals surface area contributed by atoms with Crippen LogP contribution in [-0.2, 0) is 0 Å². The van der Waals surface area contributed by atoms with Crippen molar-refractivity contribution in [2.24, 2.45) is 0 Å². The normalized spacial score (nSPS) is 13.1. The minimum absolute atomic E-state index is 0.444. The van der Waals surface area contributed by atoms with Gasteiger partial charge in [0.1, 0.15) is 0 Å². The Morgan fingerprint density at radius 3 is 2.92 bits per heavy atom. The van der Waals surface area contributed by atoms with Gasteiger partial charge in [-0.15, -0.1) is 11.3 Å². The zero-order valence-corrected chi connectivity index (χ0v) is 7.29. The molecule has 1 unspecified atom stereocenters. The van der Waals surface area contributed by atoms with Gasteiger partial charge in [-0.25, -0.2) is 6.07 Å². The van der Waals surface area contributed by atoms with Crippen LogP contribution in [0.15, 0.2) is 41.8 Å². The SMILES string of the molecule is OC(c1cc[cH-]c1)c1cccs1. The van der Waals surface area contributed by atoms with Crippen molar-refractivity contribution in [3.8, 4) is 0 Å². The molecule has 0 amide bonds. The lowest BCUT2D eigenvalue weighted by molar-refractivity contribution is 0.224. The molecule has 0 aliphatic rings. The summed E-state index contributed by atoms with van der Waals surface area (Å²) in [6, 6.07) is 11.6. The highest BCUT2D eigenvalue weighted by atomic mass is 32.1. The third-order valence-corrected chi connectivity index (χ3v) is 2.74. The molecule has 1 nitrogen and oxygen atoms in total. The van der Waals surface area contributed by atoms with Gasteiger partial charge in [-0.2, -0.15) is 23.8 Å². The van der Waals surface area contributed by atoms with E-state index in [0.29, 0.717) is 0 Å². The van der Waals surface area contributed by atoms with Crippen molar-refractivity contribution in [2.75, 3.05) is 0 Å². The van der Waals surface area contributed by atoms with Crippen LogP contribution in [0.3, 0.4) is 0 Å². The van der Waals surface area contributed by atoms with Crippen molar-refractivity contribution in [1.29, 1.82) is 0 Å². The second kappa shape index (κ2) is 3.17. The molecule has 1 atom stereocenters. The molecule has 0 saturated carbocycles. The standard InChI is InChI=1S/C10H9OS/c11-10(8-4-1-2-5-8)9-6-3-7-12-9/h1-7,10-11H/q-1. The van der Waals surface area contributed by atoms with Gasteiger partial charge in [-0.3, -0.25) is 0 Å². The van der Waals surface area contributed by atoms with Gasteiger partial charge in [0.15, 0.2) is 0 Å². The van der Waals surface area contributed by atoms with Gasteiger partial charge in [-0.05, 0) is 11.4 Å². The van der Waals surface area contributed by atoms with Crippen LogP contribution in [0, 0.1) is 0 Å².